The van der Waals surface area contributed by atoms with Gasteiger partial charge in [0.05, 0.1) is 12.8 Å². The predicted octanol–water partition coefficient (Wildman–Crippen LogP) is 3.70. The van der Waals surface area contributed by atoms with Gasteiger partial charge in [-0.3, -0.25) is 9.48 Å². The Morgan fingerprint density at radius 1 is 1.12 bits per heavy atom. The van der Waals surface area contributed by atoms with Crippen LogP contribution in [0.15, 0.2) is 42.6 Å². The van der Waals surface area contributed by atoms with Gasteiger partial charge in [0.1, 0.15) is 23.9 Å². The molecule has 1 aromatic carbocycles. The molecule has 1 amide bonds. The Labute approximate surface area is 193 Å². The van der Waals surface area contributed by atoms with Crippen LogP contribution in [0, 0.1) is 12.7 Å². The van der Waals surface area contributed by atoms with Crippen molar-refractivity contribution < 1.29 is 13.9 Å². The second-order valence-corrected chi connectivity index (χ2v) is 8.31. The standard InChI is InChI=1S/C25H30FN5O2/c1-4-5-20-15-23(19-6-7-22(26)18(2)14-19)28-31(20)17-25(32)30-12-10-29(11-13-30)24-16-21(33-3)8-9-27-24/h6-9,14-16H,4-5,10-13,17H2,1-3H3. The summed E-state index contributed by atoms with van der Waals surface area (Å²) in [6.45, 7) is 6.74. The highest BCUT2D eigenvalue weighted by molar-refractivity contribution is 5.76. The van der Waals surface area contributed by atoms with Crippen molar-refractivity contribution in [2.45, 2.75) is 33.2 Å². The van der Waals surface area contributed by atoms with Crippen LogP contribution in [0.4, 0.5) is 10.2 Å². The second kappa shape index (κ2) is 10.0. The first-order chi connectivity index (χ1) is 16.0. The fourth-order valence-electron chi connectivity index (χ4n) is 4.11. The number of amides is 1. The quantitative estimate of drug-likeness (QED) is 0.548. The Balaban J connectivity index is 1.43. The molecule has 0 saturated carbocycles. The summed E-state index contributed by atoms with van der Waals surface area (Å²) in [5.41, 5.74) is 3.22. The third-order valence-electron chi connectivity index (χ3n) is 6.02. The largest absolute Gasteiger partial charge is 0.497 e. The lowest BCUT2D eigenvalue weighted by molar-refractivity contribution is -0.132. The lowest BCUT2D eigenvalue weighted by Crippen LogP contribution is -2.50. The van der Waals surface area contributed by atoms with Gasteiger partial charge in [-0.1, -0.05) is 13.3 Å². The van der Waals surface area contributed by atoms with Crippen LogP contribution in [0.5, 0.6) is 5.75 Å². The smallest absolute Gasteiger partial charge is 0.244 e. The van der Waals surface area contributed by atoms with Crippen molar-refractivity contribution in [3.8, 4) is 17.0 Å². The maximum absolute atomic E-state index is 13.7. The molecule has 0 aliphatic carbocycles. The lowest BCUT2D eigenvalue weighted by atomic mass is 10.1. The Morgan fingerprint density at radius 2 is 1.91 bits per heavy atom. The van der Waals surface area contributed by atoms with Crippen molar-refractivity contribution in [2.24, 2.45) is 0 Å². The first kappa shape index (κ1) is 22.8. The fraction of sp³-hybridized carbons (Fsp3) is 0.400. The van der Waals surface area contributed by atoms with E-state index in [0.717, 1.165) is 41.4 Å². The van der Waals surface area contributed by atoms with E-state index in [1.165, 1.54) is 6.07 Å². The average molecular weight is 452 g/mol. The third kappa shape index (κ3) is 5.16. The molecule has 0 atom stereocenters. The second-order valence-electron chi connectivity index (χ2n) is 8.31. The number of aromatic nitrogens is 3. The van der Waals surface area contributed by atoms with Gasteiger partial charge in [-0.25, -0.2) is 9.37 Å². The van der Waals surface area contributed by atoms with Crippen LogP contribution in [-0.2, 0) is 17.8 Å². The summed E-state index contributed by atoms with van der Waals surface area (Å²) < 4.78 is 20.8. The molecule has 8 heteroatoms. The number of hydrogen-bond acceptors (Lipinski definition) is 5. The van der Waals surface area contributed by atoms with Crippen molar-refractivity contribution in [1.29, 1.82) is 0 Å². The molecular formula is C25H30FN5O2. The van der Waals surface area contributed by atoms with E-state index in [-0.39, 0.29) is 18.3 Å². The molecule has 0 bridgehead atoms. The summed E-state index contributed by atoms with van der Waals surface area (Å²) in [6, 6.07) is 10.7. The zero-order valence-electron chi connectivity index (χ0n) is 19.4. The van der Waals surface area contributed by atoms with Gasteiger partial charge in [-0.15, -0.1) is 0 Å². The molecule has 2 aromatic heterocycles. The minimum atomic E-state index is -0.231. The van der Waals surface area contributed by atoms with E-state index >= 15 is 0 Å². The van der Waals surface area contributed by atoms with Crippen LogP contribution in [0.1, 0.15) is 24.6 Å². The molecule has 1 aliphatic rings. The number of methoxy groups -OCH3 is 1. The number of ether oxygens (including phenoxy) is 1. The van der Waals surface area contributed by atoms with Gasteiger partial charge >= 0.3 is 0 Å². The van der Waals surface area contributed by atoms with E-state index < -0.39 is 0 Å². The number of benzene rings is 1. The van der Waals surface area contributed by atoms with E-state index in [0.29, 0.717) is 31.7 Å². The first-order valence-corrected chi connectivity index (χ1v) is 11.3. The highest BCUT2D eigenvalue weighted by Gasteiger charge is 2.23. The molecule has 3 aromatic rings. The maximum atomic E-state index is 13.7. The SMILES string of the molecule is CCCc1cc(-c2ccc(F)c(C)c2)nn1CC(=O)N1CCN(c2cc(OC)ccn2)CC1. The van der Waals surface area contributed by atoms with Crippen LogP contribution < -0.4 is 9.64 Å². The molecule has 174 valence electrons. The van der Waals surface area contributed by atoms with Gasteiger partial charge in [-0.05, 0) is 49.2 Å². The number of rotatable bonds is 7. The van der Waals surface area contributed by atoms with Crippen molar-refractivity contribution in [1.82, 2.24) is 19.7 Å². The summed E-state index contributed by atoms with van der Waals surface area (Å²) in [5, 5.41) is 4.70. The summed E-state index contributed by atoms with van der Waals surface area (Å²) in [4.78, 5) is 21.6. The lowest BCUT2D eigenvalue weighted by Gasteiger charge is -2.35. The van der Waals surface area contributed by atoms with Crippen molar-refractivity contribution >= 4 is 11.7 Å². The monoisotopic (exact) mass is 451 g/mol. The fourth-order valence-corrected chi connectivity index (χ4v) is 4.11. The number of anilines is 1. The summed E-state index contributed by atoms with van der Waals surface area (Å²) in [6.07, 6.45) is 3.52. The van der Waals surface area contributed by atoms with Crippen molar-refractivity contribution in [3.05, 3.63) is 59.7 Å². The highest BCUT2D eigenvalue weighted by Crippen LogP contribution is 2.23. The zero-order chi connectivity index (χ0) is 23.4. The van der Waals surface area contributed by atoms with Gasteiger partial charge in [-0.2, -0.15) is 5.10 Å². The third-order valence-corrected chi connectivity index (χ3v) is 6.02. The average Bonchev–Trinajstić information content (AvgIpc) is 3.23. The molecular weight excluding hydrogens is 421 g/mol. The van der Waals surface area contributed by atoms with Gasteiger partial charge in [0.2, 0.25) is 5.91 Å². The minimum absolute atomic E-state index is 0.0514. The number of halogens is 1. The molecule has 33 heavy (non-hydrogen) atoms. The van der Waals surface area contributed by atoms with Crippen LogP contribution in [0.3, 0.4) is 0 Å². The molecule has 1 aliphatic heterocycles. The molecule has 1 saturated heterocycles. The van der Waals surface area contributed by atoms with Crippen LogP contribution in [0.25, 0.3) is 11.3 Å². The van der Waals surface area contributed by atoms with E-state index in [4.69, 9.17) is 9.84 Å². The zero-order valence-corrected chi connectivity index (χ0v) is 19.4. The molecule has 3 heterocycles. The summed E-state index contributed by atoms with van der Waals surface area (Å²) in [5.74, 6) is 1.45. The topological polar surface area (TPSA) is 63.5 Å². The van der Waals surface area contributed by atoms with E-state index in [1.54, 1.807) is 37.0 Å². The summed E-state index contributed by atoms with van der Waals surface area (Å²) >= 11 is 0. The highest BCUT2D eigenvalue weighted by atomic mass is 19.1. The summed E-state index contributed by atoms with van der Waals surface area (Å²) in [7, 11) is 1.64. The Kier molecular flexibility index (Phi) is 6.91. The first-order valence-electron chi connectivity index (χ1n) is 11.3. The molecule has 7 nitrogen and oxygen atoms in total. The van der Waals surface area contributed by atoms with Gasteiger partial charge in [0.15, 0.2) is 0 Å². The Bertz CT molecular complexity index is 1120. The van der Waals surface area contributed by atoms with Crippen molar-refractivity contribution in [2.75, 3.05) is 38.2 Å². The number of aryl methyl sites for hydroxylation is 2. The Hall–Kier alpha value is -3.42. The number of pyridine rings is 1. The van der Waals surface area contributed by atoms with Gasteiger partial charge in [0.25, 0.3) is 0 Å². The number of carbonyl (C=O) groups is 1. The van der Waals surface area contributed by atoms with E-state index in [1.807, 2.05) is 23.1 Å². The normalized spacial score (nSPS) is 13.9. The van der Waals surface area contributed by atoms with Crippen LogP contribution >= 0.6 is 0 Å². The Morgan fingerprint density at radius 3 is 2.61 bits per heavy atom. The molecule has 0 spiro atoms. The molecule has 4 rings (SSSR count). The van der Waals surface area contributed by atoms with E-state index in [9.17, 15) is 9.18 Å². The molecule has 0 radical (unpaired) electrons. The molecule has 1 fully saturated rings. The number of piperazine rings is 1. The number of nitrogens with zero attached hydrogens (tertiary/aromatic N) is 5. The number of carbonyl (C=O) groups excluding carboxylic acids is 1. The van der Waals surface area contributed by atoms with Crippen molar-refractivity contribution in [3.63, 3.8) is 0 Å². The van der Waals surface area contributed by atoms with E-state index in [2.05, 4.69) is 16.8 Å². The van der Waals surface area contributed by atoms with Gasteiger partial charge < -0.3 is 14.5 Å². The molecule has 0 N–H and O–H groups in total. The van der Waals surface area contributed by atoms with Crippen LogP contribution in [0.2, 0.25) is 0 Å². The molecule has 0 unspecified atom stereocenters. The maximum Gasteiger partial charge on any atom is 0.244 e. The van der Waals surface area contributed by atoms with Gasteiger partial charge in [0, 0.05) is 49.7 Å². The van der Waals surface area contributed by atoms with Crippen LogP contribution in [-0.4, -0.2) is 58.9 Å². The number of hydrogen-bond donors (Lipinski definition) is 0. The minimum Gasteiger partial charge on any atom is -0.497 e. The predicted molar refractivity (Wildman–Crippen MR) is 126 cm³/mol.